The average molecular weight is 513 g/mol. The number of aryl methyl sites for hydroxylation is 2. The number of aromatic carboxylic acids is 1. The van der Waals surface area contributed by atoms with Crippen LogP contribution >= 0.6 is 0 Å². The van der Waals surface area contributed by atoms with Gasteiger partial charge in [-0.25, -0.2) is 4.79 Å². The molecule has 0 saturated carbocycles. The fourth-order valence-corrected chi connectivity index (χ4v) is 3.81. The molecule has 0 spiro atoms. The molecule has 0 saturated heterocycles. The summed E-state index contributed by atoms with van der Waals surface area (Å²) in [7, 11) is 7.24. The number of anilines is 3. The number of amides is 2. The molecule has 0 radical (unpaired) electrons. The zero-order valence-corrected chi connectivity index (χ0v) is 21.5. The Kier molecular flexibility index (Phi) is 7.43. The molecule has 0 aliphatic carbocycles. The highest BCUT2D eigenvalue weighted by atomic mass is 16.4. The molecule has 1 aromatic carbocycles. The number of carboxylic acid groups (broad SMARTS) is 1. The molecule has 0 fully saturated rings. The van der Waals surface area contributed by atoms with E-state index in [0.29, 0.717) is 28.3 Å². The molecule has 0 unspecified atom stereocenters. The topological polar surface area (TPSA) is 121 Å². The van der Waals surface area contributed by atoms with Crippen molar-refractivity contribution in [3.63, 3.8) is 0 Å². The summed E-state index contributed by atoms with van der Waals surface area (Å²) in [6.45, 7) is 0. The summed E-state index contributed by atoms with van der Waals surface area (Å²) in [6, 6.07) is 14.5. The van der Waals surface area contributed by atoms with Crippen LogP contribution in [0.1, 0.15) is 42.6 Å². The number of hydrogen-bond donors (Lipinski definition) is 3. The van der Waals surface area contributed by atoms with Crippen LogP contribution in [0.15, 0.2) is 67.1 Å². The molecule has 4 rings (SSSR count). The first-order valence-electron chi connectivity index (χ1n) is 11.7. The number of nitrogens with zero attached hydrogens (tertiary/aromatic N) is 4. The predicted molar refractivity (Wildman–Crippen MR) is 148 cm³/mol. The smallest absolute Gasteiger partial charge is 0.352 e. The van der Waals surface area contributed by atoms with E-state index in [0.717, 1.165) is 11.3 Å². The summed E-state index contributed by atoms with van der Waals surface area (Å²) < 4.78 is 2.98. The Morgan fingerprint density at radius 1 is 0.842 bits per heavy atom. The van der Waals surface area contributed by atoms with Crippen LogP contribution in [0.4, 0.5) is 17.1 Å². The number of carbonyl (C=O) groups excluding carboxylic acids is 2. The van der Waals surface area contributed by atoms with E-state index in [9.17, 15) is 19.5 Å². The maximum atomic E-state index is 12.7. The van der Waals surface area contributed by atoms with Gasteiger partial charge in [0.1, 0.15) is 11.4 Å². The molecule has 0 aliphatic heterocycles. The quantitative estimate of drug-likeness (QED) is 0.325. The molecule has 10 heteroatoms. The number of hydrogen-bond acceptors (Lipinski definition) is 5. The van der Waals surface area contributed by atoms with Crippen molar-refractivity contribution in [2.45, 2.75) is 0 Å². The van der Waals surface area contributed by atoms with E-state index in [1.54, 1.807) is 43.1 Å². The first-order valence-corrected chi connectivity index (χ1v) is 11.7. The molecular weight excluding hydrogens is 484 g/mol. The van der Waals surface area contributed by atoms with Crippen LogP contribution in [0.5, 0.6) is 0 Å². The summed E-state index contributed by atoms with van der Waals surface area (Å²) in [5.41, 5.74) is 4.37. The minimum absolute atomic E-state index is 0.0499. The number of benzene rings is 1. The second-order valence-electron chi connectivity index (χ2n) is 8.95. The fourth-order valence-electron chi connectivity index (χ4n) is 3.81. The summed E-state index contributed by atoms with van der Waals surface area (Å²) in [6.07, 6.45) is 8.46. The Labute approximate surface area is 219 Å². The zero-order chi connectivity index (χ0) is 27.4. The molecule has 3 N–H and O–H groups in total. The Balaban J connectivity index is 1.38. The van der Waals surface area contributed by atoms with Crippen molar-refractivity contribution in [3.8, 4) is 0 Å². The van der Waals surface area contributed by atoms with Crippen molar-refractivity contribution < 1.29 is 19.5 Å². The van der Waals surface area contributed by atoms with Gasteiger partial charge >= 0.3 is 5.97 Å². The highest BCUT2D eigenvalue weighted by Gasteiger charge is 2.17. The Bertz CT molecular complexity index is 1510. The highest BCUT2D eigenvalue weighted by molar-refractivity contribution is 6.07. The lowest BCUT2D eigenvalue weighted by atomic mass is 10.1. The molecule has 0 atom stereocenters. The standard InChI is InChI=1S/C28H28N6O4/c1-32(2)23-11-6-18(7-12-23)5-9-20-10-8-19(15-29-20)26(35)30-21-13-24(33(3)16-21)27(36)31-22-14-25(28(37)38)34(4)17-22/h5-17H,1-4H3,(H,30,35)(H,31,36)(H,37,38)/b9-5+. The highest BCUT2D eigenvalue weighted by Crippen LogP contribution is 2.19. The van der Waals surface area contributed by atoms with E-state index in [4.69, 9.17) is 0 Å². The summed E-state index contributed by atoms with van der Waals surface area (Å²) in [4.78, 5) is 43.1. The van der Waals surface area contributed by atoms with E-state index in [1.165, 1.54) is 23.0 Å². The maximum Gasteiger partial charge on any atom is 0.352 e. The Hall–Kier alpha value is -5.12. The minimum Gasteiger partial charge on any atom is -0.477 e. The summed E-state index contributed by atoms with van der Waals surface area (Å²) in [5, 5.41) is 14.6. The van der Waals surface area contributed by atoms with Gasteiger partial charge in [-0.1, -0.05) is 18.2 Å². The van der Waals surface area contributed by atoms with Gasteiger partial charge in [-0.2, -0.15) is 0 Å². The number of rotatable bonds is 8. The van der Waals surface area contributed by atoms with Crippen LogP contribution in [-0.4, -0.2) is 51.1 Å². The van der Waals surface area contributed by atoms with Crippen LogP contribution in [0.3, 0.4) is 0 Å². The van der Waals surface area contributed by atoms with Gasteiger partial charge in [0.05, 0.1) is 22.6 Å². The fraction of sp³-hybridized carbons (Fsp3) is 0.143. The van der Waals surface area contributed by atoms with Crippen molar-refractivity contribution in [2.24, 2.45) is 14.1 Å². The van der Waals surface area contributed by atoms with Crippen molar-refractivity contribution >= 4 is 47.0 Å². The first-order chi connectivity index (χ1) is 18.1. The third-order valence-electron chi connectivity index (χ3n) is 5.88. The molecular formula is C28H28N6O4. The van der Waals surface area contributed by atoms with E-state index < -0.39 is 11.9 Å². The van der Waals surface area contributed by atoms with E-state index in [-0.39, 0.29) is 11.6 Å². The normalized spacial score (nSPS) is 10.9. The monoisotopic (exact) mass is 512 g/mol. The lowest BCUT2D eigenvalue weighted by Crippen LogP contribution is -2.15. The maximum absolute atomic E-state index is 12.7. The van der Waals surface area contributed by atoms with E-state index >= 15 is 0 Å². The molecule has 2 amide bonds. The van der Waals surface area contributed by atoms with Crippen molar-refractivity contribution in [1.82, 2.24) is 14.1 Å². The molecule has 10 nitrogen and oxygen atoms in total. The largest absolute Gasteiger partial charge is 0.477 e. The van der Waals surface area contributed by atoms with E-state index in [2.05, 4.69) is 15.6 Å². The van der Waals surface area contributed by atoms with Crippen LogP contribution in [-0.2, 0) is 14.1 Å². The van der Waals surface area contributed by atoms with Crippen LogP contribution in [0, 0.1) is 0 Å². The zero-order valence-electron chi connectivity index (χ0n) is 21.5. The summed E-state index contributed by atoms with van der Waals surface area (Å²) >= 11 is 0. The van der Waals surface area contributed by atoms with Crippen molar-refractivity contribution in [3.05, 3.63) is 95.3 Å². The third-order valence-corrected chi connectivity index (χ3v) is 5.88. The number of carboxylic acids is 1. The molecule has 194 valence electrons. The number of nitrogens with one attached hydrogen (secondary N) is 2. The average Bonchev–Trinajstić information content (AvgIpc) is 3.44. The molecule has 38 heavy (non-hydrogen) atoms. The second-order valence-corrected chi connectivity index (χ2v) is 8.95. The SMILES string of the molecule is CN(C)c1ccc(/C=C/c2ccc(C(=O)Nc3cc(C(=O)Nc4cc(C(=O)O)n(C)c4)n(C)c3)cn2)cc1. The van der Waals surface area contributed by atoms with Gasteiger partial charge in [0.15, 0.2) is 0 Å². The first kappa shape index (κ1) is 26.0. The Morgan fingerprint density at radius 3 is 2.00 bits per heavy atom. The second kappa shape index (κ2) is 10.9. The van der Waals surface area contributed by atoms with Crippen molar-refractivity contribution in [2.75, 3.05) is 29.6 Å². The molecule has 0 aliphatic rings. The lowest BCUT2D eigenvalue weighted by Gasteiger charge is -2.11. The molecule has 4 aromatic rings. The lowest BCUT2D eigenvalue weighted by molar-refractivity contribution is 0.0686. The molecule has 3 heterocycles. The number of pyridine rings is 1. The van der Waals surface area contributed by atoms with Gasteiger partial charge in [-0.05, 0) is 48.0 Å². The van der Waals surface area contributed by atoms with Gasteiger partial charge < -0.3 is 29.8 Å². The minimum atomic E-state index is -1.09. The van der Waals surface area contributed by atoms with Crippen LogP contribution < -0.4 is 15.5 Å². The number of carbonyl (C=O) groups is 3. The van der Waals surface area contributed by atoms with Gasteiger partial charge in [-0.15, -0.1) is 0 Å². The third kappa shape index (κ3) is 5.98. The number of aromatic nitrogens is 3. The van der Waals surface area contributed by atoms with Crippen LogP contribution in [0.2, 0.25) is 0 Å². The van der Waals surface area contributed by atoms with Crippen molar-refractivity contribution in [1.29, 1.82) is 0 Å². The molecule has 0 bridgehead atoms. The summed E-state index contributed by atoms with van der Waals surface area (Å²) in [5.74, 6) is -1.89. The molecule has 3 aromatic heterocycles. The predicted octanol–water partition coefficient (Wildman–Crippen LogP) is 4.20. The van der Waals surface area contributed by atoms with Crippen LogP contribution in [0.25, 0.3) is 12.2 Å². The van der Waals surface area contributed by atoms with Gasteiger partial charge in [0, 0.05) is 52.5 Å². The Morgan fingerprint density at radius 2 is 1.45 bits per heavy atom. The van der Waals surface area contributed by atoms with Gasteiger partial charge in [-0.3, -0.25) is 14.6 Å². The van der Waals surface area contributed by atoms with Gasteiger partial charge in [0.2, 0.25) is 0 Å². The van der Waals surface area contributed by atoms with E-state index in [1.807, 2.05) is 55.4 Å². The van der Waals surface area contributed by atoms with Gasteiger partial charge in [0.25, 0.3) is 11.8 Å².